The van der Waals surface area contributed by atoms with Crippen molar-refractivity contribution in [2.24, 2.45) is 0 Å². The van der Waals surface area contributed by atoms with E-state index in [9.17, 15) is 4.79 Å². The fourth-order valence-electron chi connectivity index (χ4n) is 2.23. The van der Waals surface area contributed by atoms with E-state index in [0.29, 0.717) is 6.42 Å². The highest BCUT2D eigenvalue weighted by Gasteiger charge is 2.11. The maximum absolute atomic E-state index is 11.8. The molecule has 0 bridgehead atoms. The first-order valence-corrected chi connectivity index (χ1v) is 7.41. The number of rotatable bonds is 8. The predicted molar refractivity (Wildman–Crippen MR) is 85.1 cm³/mol. The molecule has 0 saturated heterocycles. The maximum Gasteiger partial charge on any atom is 0.315 e. The Morgan fingerprint density at radius 1 is 1.19 bits per heavy atom. The van der Waals surface area contributed by atoms with Crippen molar-refractivity contribution in [3.8, 4) is 0 Å². The van der Waals surface area contributed by atoms with Gasteiger partial charge in [-0.15, -0.1) is 0 Å². The first-order chi connectivity index (χ1) is 10.0. The monoisotopic (exact) mass is 293 g/mol. The van der Waals surface area contributed by atoms with Gasteiger partial charge in [-0.3, -0.25) is 0 Å². The van der Waals surface area contributed by atoms with Crippen LogP contribution in [0, 0.1) is 0 Å². The number of hydrogen-bond donors (Lipinski definition) is 3. The molecule has 5 nitrogen and oxygen atoms in total. The van der Waals surface area contributed by atoms with Gasteiger partial charge in [-0.2, -0.15) is 0 Å². The maximum atomic E-state index is 11.8. The summed E-state index contributed by atoms with van der Waals surface area (Å²) >= 11 is 0. The van der Waals surface area contributed by atoms with E-state index in [4.69, 9.17) is 5.11 Å². The standard InChI is InChI=1S/C16H27N3O2/c1-13(9-10-20)17-16(21)18-14(2)11-19(3)12-15-7-5-4-6-8-15/h4-8,13-14,20H,9-12H2,1-3H3,(H2,17,18,21). The van der Waals surface area contributed by atoms with Crippen molar-refractivity contribution in [3.05, 3.63) is 35.9 Å². The fraction of sp³-hybridized carbons (Fsp3) is 0.562. The molecular formula is C16H27N3O2. The summed E-state index contributed by atoms with van der Waals surface area (Å²) in [7, 11) is 2.04. The zero-order valence-electron chi connectivity index (χ0n) is 13.2. The lowest BCUT2D eigenvalue weighted by Crippen LogP contribution is -2.47. The second-order valence-corrected chi connectivity index (χ2v) is 5.61. The Hall–Kier alpha value is -1.59. The summed E-state index contributed by atoms with van der Waals surface area (Å²) < 4.78 is 0. The van der Waals surface area contributed by atoms with Crippen molar-refractivity contribution in [1.29, 1.82) is 0 Å². The first kappa shape index (κ1) is 17.5. The molecule has 2 amide bonds. The smallest absolute Gasteiger partial charge is 0.315 e. The first-order valence-electron chi connectivity index (χ1n) is 7.41. The van der Waals surface area contributed by atoms with Crippen LogP contribution in [0.15, 0.2) is 30.3 Å². The van der Waals surface area contributed by atoms with Crippen LogP contribution in [0.3, 0.4) is 0 Å². The number of aliphatic hydroxyl groups excluding tert-OH is 1. The molecule has 0 radical (unpaired) electrons. The van der Waals surface area contributed by atoms with Gasteiger partial charge < -0.3 is 20.6 Å². The molecule has 0 aromatic heterocycles. The van der Waals surface area contributed by atoms with Crippen LogP contribution >= 0.6 is 0 Å². The van der Waals surface area contributed by atoms with Crippen molar-refractivity contribution in [2.75, 3.05) is 20.2 Å². The van der Waals surface area contributed by atoms with Crippen LogP contribution in [0.4, 0.5) is 4.79 Å². The van der Waals surface area contributed by atoms with Crippen LogP contribution in [0.25, 0.3) is 0 Å². The van der Waals surface area contributed by atoms with Crippen LogP contribution in [-0.2, 0) is 6.54 Å². The molecule has 2 atom stereocenters. The topological polar surface area (TPSA) is 64.6 Å². The highest BCUT2D eigenvalue weighted by molar-refractivity contribution is 5.74. The average molecular weight is 293 g/mol. The number of benzene rings is 1. The molecule has 0 saturated carbocycles. The minimum absolute atomic E-state index is 0.0238. The number of carbonyl (C=O) groups is 1. The number of likely N-dealkylation sites (N-methyl/N-ethyl adjacent to an activating group) is 1. The van der Waals surface area contributed by atoms with Gasteiger partial charge in [0.15, 0.2) is 0 Å². The van der Waals surface area contributed by atoms with Gasteiger partial charge in [0, 0.05) is 31.8 Å². The van der Waals surface area contributed by atoms with Crippen LogP contribution < -0.4 is 10.6 Å². The third-order valence-corrected chi connectivity index (χ3v) is 3.20. The third kappa shape index (κ3) is 7.68. The van der Waals surface area contributed by atoms with Gasteiger partial charge in [-0.05, 0) is 32.9 Å². The number of urea groups is 1. The molecule has 1 aromatic rings. The number of nitrogens with one attached hydrogen (secondary N) is 2. The van der Waals surface area contributed by atoms with Gasteiger partial charge in [-0.1, -0.05) is 30.3 Å². The minimum atomic E-state index is -0.184. The van der Waals surface area contributed by atoms with E-state index in [0.717, 1.165) is 13.1 Å². The summed E-state index contributed by atoms with van der Waals surface area (Å²) in [6, 6.07) is 10.1. The molecule has 0 aliphatic carbocycles. The number of aliphatic hydroxyl groups is 1. The number of nitrogens with zero attached hydrogens (tertiary/aromatic N) is 1. The number of carbonyl (C=O) groups excluding carboxylic acids is 1. The average Bonchev–Trinajstić information content (AvgIpc) is 2.39. The van der Waals surface area contributed by atoms with E-state index in [1.807, 2.05) is 39.1 Å². The van der Waals surface area contributed by atoms with Crippen LogP contribution in [0.5, 0.6) is 0 Å². The van der Waals surface area contributed by atoms with E-state index in [1.165, 1.54) is 5.56 Å². The molecule has 3 N–H and O–H groups in total. The Kier molecular flexibility index (Phi) is 7.79. The Bertz CT molecular complexity index is 411. The molecule has 1 rings (SSSR count). The molecule has 0 heterocycles. The SMILES string of the molecule is CC(CCO)NC(=O)NC(C)CN(C)Cc1ccccc1. The van der Waals surface area contributed by atoms with Gasteiger partial charge >= 0.3 is 6.03 Å². The number of amides is 2. The summed E-state index contributed by atoms with van der Waals surface area (Å²) in [5.74, 6) is 0. The molecule has 1 aromatic carbocycles. The highest BCUT2D eigenvalue weighted by atomic mass is 16.3. The largest absolute Gasteiger partial charge is 0.396 e. The van der Waals surface area contributed by atoms with Crippen molar-refractivity contribution in [1.82, 2.24) is 15.5 Å². The zero-order chi connectivity index (χ0) is 15.7. The van der Waals surface area contributed by atoms with Crippen molar-refractivity contribution >= 4 is 6.03 Å². The summed E-state index contributed by atoms with van der Waals surface area (Å²) in [5, 5.41) is 14.5. The van der Waals surface area contributed by atoms with E-state index < -0.39 is 0 Å². The van der Waals surface area contributed by atoms with Gasteiger partial charge in [-0.25, -0.2) is 4.79 Å². The number of hydrogen-bond acceptors (Lipinski definition) is 3. The normalized spacial score (nSPS) is 13.8. The van der Waals surface area contributed by atoms with E-state index in [-0.39, 0.29) is 24.7 Å². The zero-order valence-corrected chi connectivity index (χ0v) is 13.2. The second-order valence-electron chi connectivity index (χ2n) is 5.61. The van der Waals surface area contributed by atoms with Crippen LogP contribution in [-0.4, -0.2) is 48.3 Å². The molecule has 5 heteroatoms. The van der Waals surface area contributed by atoms with Crippen LogP contribution in [0.2, 0.25) is 0 Å². The van der Waals surface area contributed by atoms with Gasteiger partial charge in [0.1, 0.15) is 0 Å². The molecule has 2 unspecified atom stereocenters. The molecule has 0 fully saturated rings. The minimum Gasteiger partial charge on any atom is -0.396 e. The third-order valence-electron chi connectivity index (χ3n) is 3.20. The van der Waals surface area contributed by atoms with E-state index >= 15 is 0 Å². The summed E-state index contributed by atoms with van der Waals surface area (Å²) in [6.45, 7) is 5.57. The Morgan fingerprint density at radius 3 is 2.43 bits per heavy atom. The quantitative estimate of drug-likeness (QED) is 0.682. The van der Waals surface area contributed by atoms with Gasteiger partial charge in [0.2, 0.25) is 0 Å². The molecule has 0 aliphatic rings. The second kappa shape index (κ2) is 9.37. The summed E-state index contributed by atoms with van der Waals surface area (Å²) in [4.78, 5) is 13.9. The summed E-state index contributed by atoms with van der Waals surface area (Å²) in [6.07, 6.45) is 0.565. The highest BCUT2D eigenvalue weighted by Crippen LogP contribution is 2.03. The van der Waals surface area contributed by atoms with Crippen molar-refractivity contribution in [3.63, 3.8) is 0 Å². The Labute approximate surface area is 127 Å². The van der Waals surface area contributed by atoms with Gasteiger partial charge in [0.05, 0.1) is 0 Å². The Balaban J connectivity index is 2.29. The lowest BCUT2D eigenvalue weighted by atomic mass is 10.2. The predicted octanol–water partition coefficient (Wildman–Crippen LogP) is 1.58. The lowest BCUT2D eigenvalue weighted by Gasteiger charge is -2.23. The molecular weight excluding hydrogens is 266 g/mol. The molecule has 0 spiro atoms. The van der Waals surface area contributed by atoms with Crippen LogP contribution in [0.1, 0.15) is 25.8 Å². The summed E-state index contributed by atoms with van der Waals surface area (Å²) in [5.41, 5.74) is 1.26. The van der Waals surface area contributed by atoms with E-state index in [2.05, 4.69) is 27.7 Å². The van der Waals surface area contributed by atoms with E-state index in [1.54, 1.807) is 0 Å². The molecule has 0 aliphatic heterocycles. The lowest BCUT2D eigenvalue weighted by molar-refractivity contribution is 0.222. The van der Waals surface area contributed by atoms with Gasteiger partial charge in [0.25, 0.3) is 0 Å². The molecule has 118 valence electrons. The van der Waals surface area contributed by atoms with Crippen molar-refractivity contribution < 1.29 is 9.90 Å². The molecule has 21 heavy (non-hydrogen) atoms. The Morgan fingerprint density at radius 2 is 1.81 bits per heavy atom. The van der Waals surface area contributed by atoms with Crippen molar-refractivity contribution in [2.45, 2.75) is 38.9 Å². The fourth-order valence-corrected chi connectivity index (χ4v) is 2.23.